The van der Waals surface area contributed by atoms with Crippen molar-refractivity contribution in [3.63, 3.8) is 0 Å². The maximum Gasteiger partial charge on any atom is 0.226 e. The lowest BCUT2D eigenvalue weighted by Crippen LogP contribution is -2.20. The third-order valence-electron chi connectivity index (χ3n) is 3.21. The SMILES string of the molecule is CC(C)Oc1ccc(NC(=O)CC(N)c2ccccc2)cc1Cl. The summed E-state index contributed by atoms with van der Waals surface area (Å²) in [6.45, 7) is 3.86. The van der Waals surface area contributed by atoms with Crippen LogP contribution in [0, 0.1) is 0 Å². The molecule has 0 aromatic heterocycles. The van der Waals surface area contributed by atoms with Gasteiger partial charge in [0.05, 0.1) is 11.1 Å². The Kier molecular flexibility index (Phi) is 6.02. The highest BCUT2D eigenvalue weighted by molar-refractivity contribution is 6.32. The first-order valence-corrected chi connectivity index (χ1v) is 7.90. The average Bonchev–Trinajstić information content (AvgIpc) is 2.50. The number of ether oxygens (including phenoxy) is 1. The molecule has 2 aromatic rings. The molecule has 4 nitrogen and oxygen atoms in total. The summed E-state index contributed by atoms with van der Waals surface area (Å²) in [6.07, 6.45) is 0.239. The maximum absolute atomic E-state index is 12.1. The minimum atomic E-state index is -0.338. The highest BCUT2D eigenvalue weighted by Gasteiger charge is 2.12. The van der Waals surface area contributed by atoms with E-state index in [9.17, 15) is 4.79 Å². The van der Waals surface area contributed by atoms with Crippen LogP contribution in [-0.4, -0.2) is 12.0 Å². The van der Waals surface area contributed by atoms with Gasteiger partial charge in [-0.25, -0.2) is 0 Å². The van der Waals surface area contributed by atoms with Crippen molar-refractivity contribution in [1.82, 2.24) is 0 Å². The van der Waals surface area contributed by atoms with Crippen LogP contribution in [0.3, 0.4) is 0 Å². The van der Waals surface area contributed by atoms with Crippen LogP contribution < -0.4 is 15.8 Å². The fraction of sp³-hybridized carbons (Fsp3) is 0.278. The van der Waals surface area contributed by atoms with Crippen LogP contribution in [0.15, 0.2) is 48.5 Å². The molecule has 1 atom stereocenters. The predicted octanol–water partition coefficient (Wildman–Crippen LogP) is 4.16. The van der Waals surface area contributed by atoms with Gasteiger partial charge >= 0.3 is 0 Å². The molecule has 0 bridgehead atoms. The molecule has 122 valence electrons. The molecule has 1 unspecified atom stereocenters. The monoisotopic (exact) mass is 332 g/mol. The number of nitrogens with one attached hydrogen (secondary N) is 1. The van der Waals surface area contributed by atoms with E-state index in [-0.39, 0.29) is 24.5 Å². The molecule has 2 rings (SSSR count). The largest absolute Gasteiger partial charge is 0.489 e. The third kappa shape index (κ3) is 5.27. The summed E-state index contributed by atoms with van der Waals surface area (Å²) in [5, 5.41) is 3.27. The van der Waals surface area contributed by atoms with Crippen molar-refractivity contribution in [2.75, 3.05) is 5.32 Å². The standard InChI is InChI=1S/C18H21ClN2O2/c1-12(2)23-17-9-8-14(10-15(17)19)21-18(22)11-16(20)13-6-4-3-5-7-13/h3-10,12,16H,11,20H2,1-2H3,(H,21,22). The van der Waals surface area contributed by atoms with Crippen molar-refractivity contribution in [1.29, 1.82) is 0 Å². The first kappa shape index (κ1) is 17.3. The van der Waals surface area contributed by atoms with Crippen molar-refractivity contribution < 1.29 is 9.53 Å². The molecule has 0 spiro atoms. The Morgan fingerprint density at radius 2 is 1.91 bits per heavy atom. The van der Waals surface area contributed by atoms with E-state index in [0.717, 1.165) is 5.56 Å². The molecule has 0 fully saturated rings. The van der Waals surface area contributed by atoms with Crippen molar-refractivity contribution in [2.24, 2.45) is 5.73 Å². The number of anilines is 1. The van der Waals surface area contributed by atoms with E-state index in [1.165, 1.54) is 0 Å². The highest BCUT2D eigenvalue weighted by Crippen LogP contribution is 2.28. The van der Waals surface area contributed by atoms with E-state index in [1.807, 2.05) is 44.2 Å². The van der Waals surface area contributed by atoms with Crippen LogP contribution in [0.25, 0.3) is 0 Å². The maximum atomic E-state index is 12.1. The fourth-order valence-electron chi connectivity index (χ4n) is 2.16. The molecule has 3 N–H and O–H groups in total. The van der Waals surface area contributed by atoms with E-state index < -0.39 is 0 Å². The topological polar surface area (TPSA) is 64.3 Å². The van der Waals surface area contributed by atoms with Crippen LogP contribution in [0.2, 0.25) is 5.02 Å². The van der Waals surface area contributed by atoms with E-state index in [1.54, 1.807) is 18.2 Å². The Labute approximate surface area is 141 Å². The summed E-state index contributed by atoms with van der Waals surface area (Å²) in [6, 6.07) is 14.4. The molecule has 0 radical (unpaired) electrons. The number of hydrogen-bond donors (Lipinski definition) is 2. The molecule has 1 amide bonds. The highest BCUT2D eigenvalue weighted by atomic mass is 35.5. The molecular weight excluding hydrogens is 312 g/mol. The fourth-order valence-corrected chi connectivity index (χ4v) is 2.38. The van der Waals surface area contributed by atoms with Crippen LogP contribution in [0.5, 0.6) is 5.75 Å². The van der Waals surface area contributed by atoms with Crippen molar-refractivity contribution >= 4 is 23.2 Å². The zero-order valence-electron chi connectivity index (χ0n) is 13.3. The molecule has 0 aliphatic carbocycles. The van der Waals surface area contributed by atoms with Gasteiger partial charge in [-0.05, 0) is 37.6 Å². The second-order valence-electron chi connectivity index (χ2n) is 5.58. The number of carbonyl (C=O) groups excluding carboxylic acids is 1. The summed E-state index contributed by atoms with van der Waals surface area (Å²) < 4.78 is 5.56. The molecule has 23 heavy (non-hydrogen) atoms. The zero-order chi connectivity index (χ0) is 16.8. The van der Waals surface area contributed by atoms with Gasteiger partial charge in [0.2, 0.25) is 5.91 Å². The summed E-state index contributed by atoms with van der Waals surface area (Å²) >= 11 is 6.16. The number of carbonyl (C=O) groups is 1. The van der Waals surface area contributed by atoms with E-state index >= 15 is 0 Å². The Morgan fingerprint density at radius 3 is 2.52 bits per heavy atom. The van der Waals surface area contributed by atoms with Gasteiger partial charge in [-0.1, -0.05) is 41.9 Å². The first-order chi connectivity index (χ1) is 11.0. The van der Waals surface area contributed by atoms with Crippen molar-refractivity contribution in [3.05, 3.63) is 59.1 Å². The second kappa shape index (κ2) is 7.99. The minimum absolute atomic E-state index is 0.0387. The number of hydrogen-bond acceptors (Lipinski definition) is 3. The van der Waals surface area contributed by atoms with Gasteiger partial charge in [-0.15, -0.1) is 0 Å². The van der Waals surface area contributed by atoms with Gasteiger partial charge < -0.3 is 15.8 Å². The Bertz CT molecular complexity index is 659. The Morgan fingerprint density at radius 1 is 1.22 bits per heavy atom. The van der Waals surface area contributed by atoms with Crippen LogP contribution in [0.1, 0.15) is 31.9 Å². The molecule has 0 saturated heterocycles. The summed E-state index contributed by atoms with van der Waals surface area (Å²) in [5.41, 5.74) is 7.60. The number of nitrogens with two attached hydrogens (primary N) is 1. The van der Waals surface area contributed by atoms with Gasteiger partial charge in [0, 0.05) is 18.2 Å². The quantitative estimate of drug-likeness (QED) is 0.835. The molecule has 0 heterocycles. The van der Waals surface area contributed by atoms with Gasteiger partial charge in [-0.2, -0.15) is 0 Å². The molecule has 0 aliphatic heterocycles. The van der Waals surface area contributed by atoms with Gasteiger partial charge in [0.15, 0.2) is 0 Å². The Hall–Kier alpha value is -2.04. The van der Waals surface area contributed by atoms with Gasteiger partial charge in [-0.3, -0.25) is 4.79 Å². The summed E-state index contributed by atoms with van der Waals surface area (Å²) in [4.78, 5) is 12.1. The summed E-state index contributed by atoms with van der Waals surface area (Å²) in [7, 11) is 0. The predicted molar refractivity (Wildman–Crippen MR) is 93.8 cm³/mol. The molecule has 0 saturated carbocycles. The lowest BCUT2D eigenvalue weighted by atomic mass is 10.0. The average molecular weight is 333 g/mol. The zero-order valence-corrected chi connectivity index (χ0v) is 14.0. The molecule has 2 aromatic carbocycles. The smallest absolute Gasteiger partial charge is 0.226 e. The summed E-state index contributed by atoms with van der Waals surface area (Å²) in [5.74, 6) is 0.440. The first-order valence-electron chi connectivity index (χ1n) is 7.52. The lowest BCUT2D eigenvalue weighted by Gasteiger charge is -2.14. The normalized spacial score (nSPS) is 12.0. The second-order valence-corrected chi connectivity index (χ2v) is 5.99. The van der Waals surface area contributed by atoms with Crippen LogP contribution in [-0.2, 0) is 4.79 Å². The van der Waals surface area contributed by atoms with E-state index in [2.05, 4.69) is 5.32 Å². The van der Waals surface area contributed by atoms with E-state index in [0.29, 0.717) is 16.5 Å². The van der Waals surface area contributed by atoms with Crippen LogP contribution >= 0.6 is 11.6 Å². The van der Waals surface area contributed by atoms with Gasteiger partial charge in [0.1, 0.15) is 5.75 Å². The van der Waals surface area contributed by atoms with E-state index in [4.69, 9.17) is 22.1 Å². The Balaban J connectivity index is 1.96. The number of halogens is 1. The van der Waals surface area contributed by atoms with Crippen LogP contribution in [0.4, 0.5) is 5.69 Å². The van der Waals surface area contributed by atoms with Crippen molar-refractivity contribution in [2.45, 2.75) is 32.4 Å². The number of benzene rings is 2. The third-order valence-corrected chi connectivity index (χ3v) is 3.51. The number of rotatable bonds is 6. The molecule has 5 heteroatoms. The van der Waals surface area contributed by atoms with Crippen molar-refractivity contribution in [3.8, 4) is 5.75 Å². The molecule has 0 aliphatic rings. The molecular formula is C18H21ClN2O2. The minimum Gasteiger partial charge on any atom is -0.489 e. The number of amides is 1. The lowest BCUT2D eigenvalue weighted by molar-refractivity contribution is -0.116. The van der Waals surface area contributed by atoms with Gasteiger partial charge in [0.25, 0.3) is 0 Å².